The summed E-state index contributed by atoms with van der Waals surface area (Å²) in [5.41, 5.74) is -0.797. The van der Waals surface area contributed by atoms with Crippen LogP contribution in [-0.2, 0) is 4.79 Å². The van der Waals surface area contributed by atoms with E-state index in [1.54, 1.807) is 12.3 Å². The summed E-state index contributed by atoms with van der Waals surface area (Å²) in [6.07, 6.45) is 0. The molecule has 20 heavy (non-hydrogen) atoms. The Kier molecular flexibility index (Phi) is 5.61. The van der Waals surface area contributed by atoms with Gasteiger partial charge in [0.2, 0.25) is 5.91 Å². The number of aliphatic hydroxyl groups is 1. The minimum Gasteiger partial charge on any atom is -0.387 e. The average Bonchev–Trinajstić information content (AvgIpc) is 2.71. The number of thiazole rings is 1. The Hall–Kier alpha value is -1.51. The topological polar surface area (TPSA) is 94.6 Å². The first-order chi connectivity index (χ1) is 9.19. The molecule has 0 fully saturated rings. The van der Waals surface area contributed by atoms with Gasteiger partial charge in [0.25, 0.3) is 5.91 Å². The lowest BCUT2D eigenvalue weighted by molar-refractivity contribution is -0.114. The standard InChI is InChI=1S/C12H20N4O3S/c1-8(17)14-11-15-9(5-20-11)10(18)13-6-12(2,19)7-16(3)4/h5,19H,6-7H2,1-4H3,(H,13,18)(H,14,15,17). The van der Waals surface area contributed by atoms with Crippen molar-refractivity contribution in [1.29, 1.82) is 0 Å². The third-order valence-corrected chi connectivity index (χ3v) is 3.06. The first-order valence-corrected chi connectivity index (χ1v) is 6.96. The summed E-state index contributed by atoms with van der Waals surface area (Å²) in [7, 11) is 3.69. The van der Waals surface area contributed by atoms with Gasteiger partial charge in [-0.3, -0.25) is 9.59 Å². The molecule has 2 amide bonds. The number of aromatic nitrogens is 1. The van der Waals surface area contributed by atoms with Gasteiger partial charge < -0.3 is 20.6 Å². The predicted octanol–water partition coefficient (Wildman–Crippen LogP) is 0.144. The molecule has 1 heterocycles. The van der Waals surface area contributed by atoms with Crippen molar-refractivity contribution < 1.29 is 14.7 Å². The fourth-order valence-electron chi connectivity index (χ4n) is 1.68. The van der Waals surface area contributed by atoms with Crippen molar-refractivity contribution in [2.45, 2.75) is 19.4 Å². The molecule has 0 aliphatic heterocycles. The molecule has 0 aromatic carbocycles. The zero-order chi connectivity index (χ0) is 15.3. The van der Waals surface area contributed by atoms with E-state index in [1.807, 2.05) is 19.0 Å². The fourth-order valence-corrected chi connectivity index (χ4v) is 2.42. The largest absolute Gasteiger partial charge is 0.387 e. The van der Waals surface area contributed by atoms with Crippen molar-refractivity contribution in [1.82, 2.24) is 15.2 Å². The number of likely N-dealkylation sites (N-methyl/N-ethyl adjacent to an activating group) is 1. The van der Waals surface area contributed by atoms with Crippen molar-refractivity contribution in [2.24, 2.45) is 0 Å². The lowest BCUT2D eigenvalue weighted by Crippen LogP contribution is -2.47. The van der Waals surface area contributed by atoms with Crippen LogP contribution in [0, 0.1) is 0 Å². The monoisotopic (exact) mass is 300 g/mol. The summed E-state index contributed by atoms with van der Waals surface area (Å²) in [6.45, 7) is 3.58. The number of nitrogens with zero attached hydrogens (tertiary/aromatic N) is 2. The maximum Gasteiger partial charge on any atom is 0.270 e. The summed E-state index contributed by atoms with van der Waals surface area (Å²) in [4.78, 5) is 28.6. The van der Waals surface area contributed by atoms with E-state index in [-0.39, 0.29) is 24.1 Å². The lowest BCUT2D eigenvalue weighted by Gasteiger charge is -2.26. The Balaban J connectivity index is 2.54. The van der Waals surface area contributed by atoms with Gasteiger partial charge in [0.1, 0.15) is 5.69 Å². The van der Waals surface area contributed by atoms with Crippen LogP contribution in [0.3, 0.4) is 0 Å². The number of rotatable bonds is 6. The van der Waals surface area contributed by atoms with Crippen LogP contribution in [-0.4, -0.2) is 59.6 Å². The highest BCUT2D eigenvalue weighted by Gasteiger charge is 2.23. The second kappa shape index (κ2) is 6.78. The van der Waals surface area contributed by atoms with Crippen LogP contribution >= 0.6 is 11.3 Å². The second-order valence-electron chi connectivity index (χ2n) is 5.14. The van der Waals surface area contributed by atoms with E-state index < -0.39 is 5.60 Å². The molecule has 7 nitrogen and oxygen atoms in total. The van der Waals surface area contributed by atoms with E-state index in [2.05, 4.69) is 15.6 Å². The average molecular weight is 300 g/mol. The molecule has 3 N–H and O–H groups in total. The lowest BCUT2D eigenvalue weighted by atomic mass is 10.1. The minimum atomic E-state index is -1.02. The third kappa shape index (κ3) is 5.64. The summed E-state index contributed by atoms with van der Waals surface area (Å²) in [5, 5.41) is 17.1. The third-order valence-electron chi connectivity index (χ3n) is 2.31. The number of anilines is 1. The number of carbonyl (C=O) groups is 2. The molecule has 1 aromatic heterocycles. The molecule has 1 atom stereocenters. The molecule has 1 aromatic rings. The molecule has 0 saturated heterocycles. The van der Waals surface area contributed by atoms with E-state index in [0.29, 0.717) is 11.7 Å². The van der Waals surface area contributed by atoms with Gasteiger partial charge in [-0.25, -0.2) is 4.98 Å². The molecular weight excluding hydrogens is 280 g/mol. The zero-order valence-electron chi connectivity index (χ0n) is 12.1. The van der Waals surface area contributed by atoms with E-state index in [1.165, 1.54) is 18.3 Å². The van der Waals surface area contributed by atoms with Crippen molar-refractivity contribution in [3.8, 4) is 0 Å². The van der Waals surface area contributed by atoms with Gasteiger partial charge >= 0.3 is 0 Å². The summed E-state index contributed by atoms with van der Waals surface area (Å²) < 4.78 is 0. The van der Waals surface area contributed by atoms with Crippen molar-refractivity contribution in [3.05, 3.63) is 11.1 Å². The number of carbonyl (C=O) groups excluding carboxylic acids is 2. The van der Waals surface area contributed by atoms with E-state index in [4.69, 9.17) is 0 Å². The molecule has 1 rings (SSSR count). The zero-order valence-corrected chi connectivity index (χ0v) is 12.9. The highest BCUT2D eigenvalue weighted by Crippen LogP contribution is 2.15. The fraction of sp³-hybridized carbons (Fsp3) is 0.583. The van der Waals surface area contributed by atoms with Crippen molar-refractivity contribution >= 4 is 28.3 Å². The second-order valence-corrected chi connectivity index (χ2v) is 5.99. The highest BCUT2D eigenvalue weighted by molar-refractivity contribution is 7.14. The first-order valence-electron chi connectivity index (χ1n) is 6.08. The number of hydrogen-bond donors (Lipinski definition) is 3. The molecule has 0 aliphatic carbocycles. The molecule has 0 aliphatic rings. The minimum absolute atomic E-state index is 0.122. The van der Waals surface area contributed by atoms with Crippen LogP contribution < -0.4 is 10.6 Å². The van der Waals surface area contributed by atoms with Crippen LogP contribution in [0.5, 0.6) is 0 Å². The first kappa shape index (κ1) is 16.5. The number of amides is 2. The van der Waals surface area contributed by atoms with Gasteiger partial charge in [-0.2, -0.15) is 0 Å². The van der Waals surface area contributed by atoms with Crippen LogP contribution in [0.4, 0.5) is 5.13 Å². The molecule has 112 valence electrons. The van der Waals surface area contributed by atoms with Crippen LogP contribution in [0.25, 0.3) is 0 Å². The van der Waals surface area contributed by atoms with Crippen molar-refractivity contribution in [3.63, 3.8) is 0 Å². The molecule has 0 radical (unpaired) electrons. The quantitative estimate of drug-likeness (QED) is 0.695. The summed E-state index contributed by atoms with van der Waals surface area (Å²) in [5.74, 6) is -0.614. The maximum absolute atomic E-state index is 11.9. The van der Waals surface area contributed by atoms with Gasteiger partial charge in [-0.1, -0.05) is 0 Å². The molecule has 0 spiro atoms. The van der Waals surface area contributed by atoms with Crippen LogP contribution in [0.15, 0.2) is 5.38 Å². The van der Waals surface area contributed by atoms with Gasteiger partial charge in [0, 0.05) is 25.4 Å². The molecular formula is C12H20N4O3S. The Morgan fingerprint density at radius 2 is 2.15 bits per heavy atom. The van der Waals surface area contributed by atoms with Gasteiger partial charge in [0.15, 0.2) is 5.13 Å². The highest BCUT2D eigenvalue weighted by atomic mass is 32.1. The predicted molar refractivity (Wildman–Crippen MR) is 77.9 cm³/mol. The van der Waals surface area contributed by atoms with Crippen LogP contribution in [0.2, 0.25) is 0 Å². The van der Waals surface area contributed by atoms with Gasteiger partial charge in [-0.05, 0) is 21.0 Å². The van der Waals surface area contributed by atoms with Crippen LogP contribution in [0.1, 0.15) is 24.3 Å². The summed E-state index contributed by atoms with van der Waals surface area (Å²) in [6, 6.07) is 0. The smallest absolute Gasteiger partial charge is 0.270 e. The number of nitrogens with one attached hydrogen (secondary N) is 2. The SMILES string of the molecule is CC(=O)Nc1nc(C(=O)NCC(C)(O)CN(C)C)cs1. The Bertz CT molecular complexity index is 485. The Labute approximate surface area is 122 Å². The maximum atomic E-state index is 11.9. The van der Waals surface area contributed by atoms with Gasteiger partial charge in [-0.15, -0.1) is 11.3 Å². The molecule has 1 unspecified atom stereocenters. The Morgan fingerprint density at radius 3 is 2.70 bits per heavy atom. The van der Waals surface area contributed by atoms with Gasteiger partial charge in [0.05, 0.1) is 5.60 Å². The molecule has 0 bridgehead atoms. The van der Waals surface area contributed by atoms with E-state index >= 15 is 0 Å². The normalized spacial score (nSPS) is 13.9. The number of hydrogen-bond acceptors (Lipinski definition) is 6. The Morgan fingerprint density at radius 1 is 1.50 bits per heavy atom. The van der Waals surface area contributed by atoms with Crippen molar-refractivity contribution in [2.75, 3.05) is 32.5 Å². The van der Waals surface area contributed by atoms with E-state index in [0.717, 1.165) is 0 Å². The van der Waals surface area contributed by atoms with E-state index in [9.17, 15) is 14.7 Å². The molecule has 8 heteroatoms. The summed E-state index contributed by atoms with van der Waals surface area (Å²) >= 11 is 1.18. The molecule has 0 saturated carbocycles.